The summed E-state index contributed by atoms with van der Waals surface area (Å²) >= 11 is 0. The van der Waals surface area contributed by atoms with Crippen LogP contribution in [0.4, 0.5) is 33.2 Å². The predicted molar refractivity (Wildman–Crippen MR) is 222 cm³/mol. The fourth-order valence-corrected chi connectivity index (χ4v) is 7.66. The van der Waals surface area contributed by atoms with Crippen LogP contribution in [0.3, 0.4) is 0 Å². The summed E-state index contributed by atoms with van der Waals surface area (Å²) in [6.07, 6.45) is -2.08. The van der Waals surface area contributed by atoms with E-state index in [1.165, 1.54) is 15.4 Å². The average molecular weight is 864 g/mol. The van der Waals surface area contributed by atoms with Gasteiger partial charge < -0.3 is 52.1 Å². The van der Waals surface area contributed by atoms with Crippen LogP contribution in [0, 0.1) is 0 Å². The van der Waals surface area contributed by atoms with Crippen molar-refractivity contribution in [3.63, 3.8) is 0 Å². The van der Waals surface area contributed by atoms with Crippen LogP contribution in [0.25, 0.3) is 0 Å². The van der Waals surface area contributed by atoms with E-state index < -0.39 is 42.7 Å². The lowest BCUT2D eigenvalue weighted by Gasteiger charge is -2.47. The number of rotatable bonds is 9. The van der Waals surface area contributed by atoms with E-state index in [-0.39, 0.29) is 49.9 Å². The van der Waals surface area contributed by atoms with Crippen LogP contribution in [0.1, 0.15) is 64.2 Å². The van der Waals surface area contributed by atoms with Crippen LogP contribution in [0.2, 0.25) is 0 Å². The largest absolute Gasteiger partial charge is 0.453 e. The first kappa shape index (κ1) is 45.5. The number of anilines is 1. The molecule has 16 nitrogen and oxygen atoms in total. The number of β-amino-alcohol motifs (C(OH)–C–C–N with tert-alkyl or cyclic N) is 1. The quantitative estimate of drug-likeness (QED) is 0.186. The van der Waals surface area contributed by atoms with E-state index in [4.69, 9.17) is 11.5 Å². The molecule has 4 aliphatic rings. The smallest absolute Gasteiger partial charge is 0.378 e. The lowest BCUT2D eigenvalue weighted by atomic mass is 9.88. The van der Waals surface area contributed by atoms with E-state index in [1.54, 1.807) is 24.3 Å². The van der Waals surface area contributed by atoms with Crippen LogP contribution in [0.5, 0.6) is 0 Å². The Morgan fingerprint density at radius 2 is 1.35 bits per heavy atom. The molecule has 62 heavy (non-hydrogen) atoms. The molecule has 7 amide bonds. The normalized spacial score (nSPS) is 18.7. The first-order chi connectivity index (χ1) is 29.6. The fraction of sp³-hybridized carbons (Fsp3) is 0.442. The molecule has 3 heterocycles. The highest BCUT2D eigenvalue weighted by molar-refractivity contribution is 5.98. The number of likely N-dealkylation sites (tertiary alicyclic amines) is 2. The minimum atomic E-state index is -5.16. The number of urea groups is 3. The van der Waals surface area contributed by atoms with E-state index in [9.17, 15) is 47.0 Å². The molecule has 8 N–H and O–H groups in total. The Balaban J connectivity index is 0.000000207. The number of piperidine rings is 1. The molecule has 0 radical (unpaired) electrons. The summed E-state index contributed by atoms with van der Waals surface area (Å²) in [5.74, 6) is -1.73. The zero-order valence-corrected chi connectivity index (χ0v) is 34.2. The van der Waals surface area contributed by atoms with Crippen molar-refractivity contribution in [1.82, 2.24) is 30.2 Å². The second-order valence-electron chi connectivity index (χ2n) is 15.9. The van der Waals surface area contributed by atoms with E-state index in [0.717, 1.165) is 34.4 Å². The average Bonchev–Trinajstić information content (AvgIpc) is 3.28. The molecule has 0 aromatic heterocycles. The Morgan fingerprint density at radius 3 is 1.92 bits per heavy atom. The molecule has 0 spiro atoms. The summed E-state index contributed by atoms with van der Waals surface area (Å²) in [5.41, 5.74) is 14.2. The Bertz CT molecular complexity index is 2100. The van der Waals surface area contributed by atoms with E-state index >= 15 is 0 Å². The maximum atomic E-state index is 12.9. The zero-order chi connectivity index (χ0) is 44.6. The Kier molecular flexibility index (Phi) is 14.5. The molecule has 3 aromatic carbocycles. The van der Waals surface area contributed by atoms with Crippen molar-refractivity contribution in [1.29, 1.82) is 0 Å². The van der Waals surface area contributed by atoms with Crippen molar-refractivity contribution in [2.45, 2.75) is 69.1 Å². The number of aliphatic hydroxyl groups is 1. The maximum absolute atomic E-state index is 12.9. The number of carbonyl (C=O) groups excluding carboxylic acids is 6. The topological polar surface area (TPSA) is 224 Å². The van der Waals surface area contributed by atoms with Crippen molar-refractivity contribution in [3.05, 3.63) is 101 Å². The lowest BCUT2D eigenvalue weighted by molar-refractivity contribution is -0.201. The van der Waals surface area contributed by atoms with Gasteiger partial charge in [-0.1, -0.05) is 48.5 Å². The minimum Gasteiger partial charge on any atom is -0.378 e. The number of benzene rings is 3. The molecule has 0 bridgehead atoms. The number of hydrogen-bond acceptors (Lipinski definition) is 9. The van der Waals surface area contributed by atoms with Crippen molar-refractivity contribution in [3.8, 4) is 0 Å². The van der Waals surface area contributed by atoms with Crippen LogP contribution >= 0.6 is 0 Å². The summed E-state index contributed by atoms with van der Waals surface area (Å²) in [4.78, 5) is 77.9. The molecule has 332 valence electrons. The van der Waals surface area contributed by atoms with Gasteiger partial charge >= 0.3 is 24.3 Å². The molecule has 19 heteroatoms. The van der Waals surface area contributed by atoms with Crippen molar-refractivity contribution in [2.75, 3.05) is 57.7 Å². The van der Waals surface area contributed by atoms with Crippen molar-refractivity contribution < 1.29 is 47.0 Å². The Morgan fingerprint density at radius 1 is 0.742 bits per heavy atom. The van der Waals surface area contributed by atoms with E-state index in [1.807, 2.05) is 35.2 Å². The first-order valence-corrected chi connectivity index (χ1v) is 20.5. The van der Waals surface area contributed by atoms with Crippen LogP contribution in [0.15, 0.2) is 72.8 Å². The Labute approximate surface area is 356 Å². The summed E-state index contributed by atoms with van der Waals surface area (Å²) < 4.78 is 37.5. The van der Waals surface area contributed by atoms with Gasteiger partial charge in [-0.15, -0.1) is 0 Å². The van der Waals surface area contributed by atoms with Gasteiger partial charge in [-0.2, -0.15) is 13.2 Å². The summed E-state index contributed by atoms with van der Waals surface area (Å²) in [7, 11) is 0. The Hall–Kier alpha value is -6.05. The number of carbonyl (C=O) groups is 6. The molecule has 7 rings (SSSR count). The third-order valence-corrected chi connectivity index (χ3v) is 11.6. The summed E-state index contributed by atoms with van der Waals surface area (Å²) in [6.45, 7) is 2.24. The van der Waals surface area contributed by atoms with Crippen LogP contribution in [-0.4, -0.2) is 130 Å². The zero-order valence-electron chi connectivity index (χ0n) is 34.2. The first-order valence-electron chi connectivity index (χ1n) is 20.5. The number of hydrogen-bond donors (Lipinski definition) is 6. The third kappa shape index (κ3) is 11.3. The highest BCUT2D eigenvalue weighted by Gasteiger charge is 2.59. The third-order valence-electron chi connectivity index (χ3n) is 11.6. The number of nitrogens with zero attached hydrogens (tertiary/aromatic N) is 4. The molecule has 4 fully saturated rings. The standard InChI is InChI=1S/C24H28N4O3.C19H24F3N5O4/c25-15-16-2-1-3-19(14-16)17-10-12-28(13-11-17)23(30)18-4-6-20(7-5-18)26-24(31)27-21-8-9-22(21)29;20-19(21,22)15(28)18(31)11-27(12-18)17(30)26-7-5-25(6-8-26)16(29)24-10-14-3-1-13(9-23)2-4-14/h1-7,14,17,21H,8-13,15,25H2,(H2,26,27,31);1-4,31H,5-12,23H2,(H,24,29). The molecular weight excluding hydrogens is 812 g/mol. The second kappa shape index (κ2) is 19.8. The molecule has 3 aliphatic heterocycles. The number of amides is 7. The van der Waals surface area contributed by atoms with E-state index in [0.29, 0.717) is 62.7 Å². The molecule has 1 saturated carbocycles. The lowest BCUT2D eigenvalue weighted by Crippen LogP contribution is -2.71. The molecule has 1 aliphatic carbocycles. The number of nitrogens with two attached hydrogens (primary N) is 2. The molecule has 1 unspecified atom stereocenters. The molecule has 3 aromatic rings. The minimum absolute atomic E-state index is 0.00484. The monoisotopic (exact) mass is 863 g/mol. The van der Waals surface area contributed by atoms with Gasteiger partial charge in [-0.05, 0) is 71.7 Å². The maximum Gasteiger partial charge on any atom is 0.453 e. The van der Waals surface area contributed by atoms with Gasteiger partial charge in [0.2, 0.25) is 0 Å². The highest BCUT2D eigenvalue weighted by Crippen LogP contribution is 2.32. The number of nitrogens with one attached hydrogen (secondary N) is 3. The number of ketones is 2. The molecular formula is C43H52F3N9O7. The van der Waals surface area contributed by atoms with Gasteiger partial charge in [-0.3, -0.25) is 14.4 Å². The number of halogens is 3. The van der Waals surface area contributed by atoms with Crippen molar-refractivity contribution >= 4 is 41.3 Å². The fourth-order valence-electron chi connectivity index (χ4n) is 7.66. The van der Waals surface area contributed by atoms with Crippen LogP contribution < -0.4 is 27.4 Å². The highest BCUT2D eigenvalue weighted by atomic mass is 19.4. The van der Waals surface area contributed by atoms with Gasteiger partial charge in [0.1, 0.15) is 0 Å². The van der Waals surface area contributed by atoms with Gasteiger partial charge in [0.25, 0.3) is 11.7 Å². The van der Waals surface area contributed by atoms with Crippen LogP contribution in [-0.2, 0) is 29.2 Å². The second-order valence-corrected chi connectivity index (χ2v) is 15.9. The van der Waals surface area contributed by atoms with E-state index in [2.05, 4.69) is 34.1 Å². The number of Topliss-reactive ketones (excluding diaryl/α,β-unsaturated/α-hetero) is 2. The van der Waals surface area contributed by atoms with Gasteiger partial charge in [0.05, 0.1) is 19.1 Å². The van der Waals surface area contributed by atoms with Gasteiger partial charge in [0.15, 0.2) is 11.4 Å². The molecule has 3 saturated heterocycles. The predicted octanol–water partition coefficient (Wildman–Crippen LogP) is 3.29. The van der Waals surface area contributed by atoms with Gasteiger partial charge in [-0.25, -0.2) is 14.4 Å². The van der Waals surface area contributed by atoms with Gasteiger partial charge in [0, 0.05) is 76.6 Å². The van der Waals surface area contributed by atoms with Crippen molar-refractivity contribution in [2.24, 2.45) is 11.5 Å². The summed E-state index contributed by atoms with van der Waals surface area (Å²) in [6, 6.07) is 21.1. The summed E-state index contributed by atoms with van der Waals surface area (Å²) in [5, 5.41) is 17.9. The SMILES string of the molecule is NCc1ccc(CNC(=O)N2CCN(C(=O)N3CC(O)(C(=O)C(F)(F)F)C3)CC2)cc1.NCc1cccc(C2CCN(C(=O)c3ccc(NC(=O)NC4CCC4=O)cc3)CC2)c1. The number of piperazine rings is 1. The number of alkyl halides is 3. The molecule has 1 atom stereocenters.